The fraction of sp³-hybridized carbons (Fsp3) is 0.304. The Hall–Kier alpha value is -3.69. The minimum absolute atomic E-state index is 0.0561. The van der Waals surface area contributed by atoms with Gasteiger partial charge in [0.25, 0.3) is 0 Å². The van der Waals surface area contributed by atoms with Gasteiger partial charge in [-0.3, -0.25) is 9.13 Å². The van der Waals surface area contributed by atoms with Gasteiger partial charge in [-0.1, -0.05) is 0 Å². The van der Waals surface area contributed by atoms with E-state index < -0.39 is 17.4 Å². The number of pyridine rings is 2. The summed E-state index contributed by atoms with van der Waals surface area (Å²) < 4.78 is 48.5. The van der Waals surface area contributed by atoms with Gasteiger partial charge in [-0.25, -0.2) is 19.9 Å². The van der Waals surface area contributed by atoms with Crippen molar-refractivity contribution in [3.8, 4) is 17.4 Å². The van der Waals surface area contributed by atoms with Gasteiger partial charge in [0, 0.05) is 42.3 Å². The lowest BCUT2D eigenvalue weighted by molar-refractivity contribution is -0.146. The van der Waals surface area contributed by atoms with E-state index in [1.807, 2.05) is 50.6 Å². The Morgan fingerprint density at radius 2 is 1.42 bits per heavy atom. The van der Waals surface area contributed by atoms with Crippen LogP contribution in [0.2, 0.25) is 0 Å². The van der Waals surface area contributed by atoms with Crippen LogP contribution in [0.25, 0.3) is 11.6 Å². The number of aryl methyl sites for hydroxylation is 2. The van der Waals surface area contributed by atoms with Crippen LogP contribution < -0.4 is 4.74 Å². The summed E-state index contributed by atoms with van der Waals surface area (Å²) in [6.07, 6.45) is 1.22. The van der Waals surface area contributed by atoms with E-state index in [0.717, 1.165) is 22.2 Å². The third-order valence-electron chi connectivity index (χ3n) is 5.47. The summed E-state index contributed by atoms with van der Waals surface area (Å²) in [5.41, 5.74) is 1.44. The van der Waals surface area contributed by atoms with Crippen molar-refractivity contribution in [3.05, 3.63) is 77.7 Å². The fourth-order valence-electron chi connectivity index (χ4n) is 3.59. The molecular formula is C23H23F3N6O. The smallest absolute Gasteiger partial charge is 0.450 e. The molecule has 0 aromatic carbocycles. The van der Waals surface area contributed by atoms with Crippen LogP contribution >= 0.6 is 0 Å². The zero-order valence-corrected chi connectivity index (χ0v) is 18.8. The van der Waals surface area contributed by atoms with Crippen molar-refractivity contribution in [3.63, 3.8) is 0 Å². The largest absolute Gasteiger partial charge is 0.497 e. The van der Waals surface area contributed by atoms with E-state index in [0.29, 0.717) is 23.0 Å². The molecule has 0 saturated heterocycles. The Morgan fingerprint density at radius 3 is 2.03 bits per heavy atom. The molecule has 0 radical (unpaired) electrons. The summed E-state index contributed by atoms with van der Waals surface area (Å²) in [6, 6.07) is 7.04. The molecule has 0 aliphatic carbocycles. The third-order valence-corrected chi connectivity index (χ3v) is 5.47. The maximum absolute atomic E-state index is 13.4. The van der Waals surface area contributed by atoms with Crippen molar-refractivity contribution in [1.82, 2.24) is 29.1 Å². The summed E-state index contributed by atoms with van der Waals surface area (Å²) in [7, 11) is 1.46. The minimum Gasteiger partial charge on any atom is -0.497 e. The highest BCUT2D eigenvalue weighted by atomic mass is 19.4. The van der Waals surface area contributed by atoms with Crippen LogP contribution in [0.1, 0.15) is 42.4 Å². The molecule has 4 aromatic heterocycles. The van der Waals surface area contributed by atoms with E-state index in [1.54, 1.807) is 12.3 Å². The van der Waals surface area contributed by atoms with Crippen LogP contribution in [0.4, 0.5) is 13.2 Å². The van der Waals surface area contributed by atoms with Crippen LogP contribution in [0.3, 0.4) is 0 Å². The Morgan fingerprint density at radius 1 is 0.818 bits per heavy atom. The monoisotopic (exact) mass is 456 g/mol. The van der Waals surface area contributed by atoms with Gasteiger partial charge in [-0.2, -0.15) is 13.2 Å². The van der Waals surface area contributed by atoms with E-state index in [4.69, 9.17) is 9.72 Å². The van der Waals surface area contributed by atoms with Gasteiger partial charge in [-0.15, -0.1) is 0 Å². The third kappa shape index (κ3) is 4.20. The van der Waals surface area contributed by atoms with Crippen LogP contribution in [0.15, 0.2) is 49.1 Å². The highest BCUT2D eigenvalue weighted by molar-refractivity contribution is 5.43. The highest BCUT2D eigenvalue weighted by Gasteiger charge is 2.37. The standard InChI is InChI=1S/C23H23F3N6O/c1-14-10-17(29-19(11-14)31-8-6-27-15(31)2)22(3,4)18-12-16(33-5)13-20(30-18)32-9-7-28-21(32)23(24,25)26/h6-13H,1-5H3. The molecule has 0 fully saturated rings. The van der Waals surface area contributed by atoms with Gasteiger partial charge >= 0.3 is 6.18 Å². The summed E-state index contributed by atoms with van der Waals surface area (Å²) in [5, 5.41) is 0. The predicted molar refractivity (Wildman–Crippen MR) is 116 cm³/mol. The lowest BCUT2D eigenvalue weighted by atomic mass is 9.84. The van der Waals surface area contributed by atoms with Crippen LogP contribution in [0, 0.1) is 13.8 Å². The van der Waals surface area contributed by atoms with Crippen molar-refractivity contribution in [2.24, 2.45) is 0 Å². The first kappa shape index (κ1) is 22.5. The predicted octanol–water partition coefficient (Wildman–Crippen LogP) is 4.82. The fourth-order valence-corrected chi connectivity index (χ4v) is 3.59. The molecular weight excluding hydrogens is 433 g/mol. The summed E-state index contributed by atoms with van der Waals surface area (Å²) in [4.78, 5) is 17.1. The first-order valence-corrected chi connectivity index (χ1v) is 10.2. The number of alkyl halides is 3. The number of ether oxygens (including phenoxy) is 1. The van der Waals surface area contributed by atoms with Gasteiger partial charge in [0.2, 0.25) is 5.82 Å². The quantitative estimate of drug-likeness (QED) is 0.431. The second-order valence-corrected chi connectivity index (χ2v) is 8.23. The molecule has 0 spiro atoms. The minimum atomic E-state index is -4.63. The molecule has 0 N–H and O–H groups in total. The van der Waals surface area contributed by atoms with Crippen molar-refractivity contribution >= 4 is 0 Å². The van der Waals surface area contributed by atoms with Gasteiger partial charge in [0.1, 0.15) is 23.2 Å². The summed E-state index contributed by atoms with van der Waals surface area (Å²) in [5.74, 6) is 0.867. The SMILES string of the molecule is COc1cc(-n2ccnc2C(F)(F)F)nc(C(C)(C)c2cc(C)cc(-n3ccnc3C)n2)c1. The number of hydrogen-bond acceptors (Lipinski definition) is 5. The van der Waals surface area contributed by atoms with Gasteiger partial charge < -0.3 is 4.74 Å². The van der Waals surface area contributed by atoms with Crippen LogP contribution in [0.5, 0.6) is 5.75 Å². The number of methoxy groups -OCH3 is 1. The van der Waals surface area contributed by atoms with Crippen LogP contribution in [-0.4, -0.2) is 36.2 Å². The van der Waals surface area contributed by atoms with E-state index >= 15 is 0 Å². The normalized spacial score (nSPS) is 12.2. The molecule has 172 valence electrons. The Labute approximate surface area is 188 Å². The average Bonchev–Trinajstić information content (AvgIpc) is 3.42. The molecule has 0 amide bonds. The maximum Gasteiger partial charge on any atom is 0.450 e. The number of imidazole rings is 2. The Kier molecular flexibility index (Phi) is 5.47. The maximum atomic E-state index is 13.4. The van der Waals surface area contributed by atoms with E-state index in [9.17, 15) is 13.2 Å². The molecule has 4 heterocycles. The second kappa shape index (κ2) is 8.02. The second-order valence-electron chi connectivity index (χ2n) is 8.23. The van der Waals surface area contributed by atoms with Crippen molar-refractivity contribution in [2.75, 3.05) is 7.11 Å². The van der Waals surface area contributed by atoms with Gasteiger partial charge in [0.05, 0.1) is 18.5 Å². The van der Waals surface area contributed by atoms with Gasteiger partial charge in [0.15, 0.2) is 0 Å². The van der Waals surface area contributed by atoms with E-state index in [1.165, 1.54) is 19.4 Å². The first-order chi connectivity index (χ1) is 15.5. The number of halogens is 3. The molecule has 0 unspecified atom stereocenters. The zero-order valence-electron chi connectivity index (χ0n) is 18.8. The number of nitrogens with zero attached hydrogens (tertiary/aromatic N) is 6. The number of rotatable bonds is 5. The number of hydrogen-bond donors (Lipinski definition) is 0. The number of aromatic nitrogens is 6. The molecule has 33 heavy (non-hydrogen) atoms. The summed E-state index contributed by atoms with van der Waals surface area (Å²) >= 11 is 0. The Bertz CT molecular complexity index is 1310. The van der Waals surface area contributed by atoms with E-state index in [2.05, 4.69) is 15.0 Å². The molecule has 0 bridgehead atoms. The van der Waals surface area contributed by atoms with Crippen molar-refractivity contribution in [1.29, 1.82) is 0 Å². The average molecular weight is 456 g/mol. The molecule has 0 aliphatic rings. The molecule has 4 aromatic rings. The molecule has 0 aliphatic heterocycles. The lowest BCUT2D eigenvalue weighted by Crippen LogP contribution is -2.24. The van der Waals surface area contributed by atoms with Gasteiger partial charge in [-0.05, 0) is 45.4 Å². The van der Waals surface area contributed by atoms with Crippen LogP contribution in [-0.2, 0) is 11.6 Å². The molecule has 7 nitrogen and oxygen atoms in total. The first-order valence-electron chi connectivity index (χ1n) is 10.2. The zero-order chi connectivity index (χ0) is 24.0. The molecule has 0 atom stereocenters. The molecule has 4 rings (SSSR count). The molecule has 10 heteroatoms. The topological polar surface area (TPSA) is 70.7 Å². The lowest BCUT2D eigenvalue weighted by Gasteiger charge is -2.26. The summed E-state index contributed by atoms with van der Waals surface area (Å²) in [6.45, 7) is 7.68. The Balaban J connectivity index is 1.86. The van der Waals surface area contributed by atoms with E-state index in [-0.39, 0.29) is 5.82 Å². The van der Waals surface area contributed by atoms with Crippen molar-refractivity contribution < 1.29 is 17.9 Å². The van der Waals surface area contributed by atoms with Crippen molar-refractivity contribution in [2.45, 2.75) is 39.3 Å². The molecule has 0 saturated carbocycles. The highest BCUT2D eigenvalue weighted by Crippen LogP contribution is 2.35.